The fraction of sp³-hybridized carbons (Fsp3) is 0.520. The summed E-state index contributed by atoms with van der Waals surface area (Å²) in [6, 6.07) is 10.1. The molecule has 11 nitrogen and oxygen atoms in total. The predicted octanol–water partition coefficient (Wildman–Crippen LogP) is 3.71. The van der Waals surface area contributed by atoms with Crippen LogP contribution in [0.5, 0.6) is 0 Å². The van der Waals surface area contributed by atoms with Crippen molar-refractivity contribution in [3.05, 3.63) is 41.5 Å². The van der Waals surface area contributed by atoms with Gasteiger partial charge in [0.15, 0.2) is 0 Å². The number of nitrogens with two attached hydrogens (primary N) is 1. The van der Waals surface area contributed by atoms with Crippen molar-refractivity contribution in [2.75, 3.05) is 48.7 Å². The van der Waals surface area contributed by atoms with Crippen LogP contribution in [0.3, 0.4) is 0 Å². The molecule has 2 fully saturated rings. The average molecular weight is 498 g/mol. The van der Waals surface area contributed by atoms with Crippen LogP contribution in [0.25, 0.3) is 0 Å². The molecule has 0 saturated carbocycles. The van der Waals surface area contributed by atoms with E-state index < -0.39 is 17.7 Å². The van der Waals surface area contributed by atoms with Gasteiger partial charge < -0.3 is 25.8 Å². The number of amides is 2. The van der Waals surface area contributed by atoms with Gasteiger partial charge in [0.1, 0.15) is 18.2 Å². The molecule has 3 heterocycles. The quantitative estimate of drug-likeness (QED) is 0.523. The van der Waals surface area contributed by atoms with Crippen LogP contribution in [0.4, 0.5) is 27.2 Å². The van der Waals surface area contributed by atoms with Gasteiger partial charge in [-0.05, 0) is 38.3 Å². The number of nitrogen functional groups attached to an aromatic ring is 1. The van der Waals surface area contributed by atoms with E-state index >= 15 is 0 Å². The summed E-state index contributed by atoms with van der Waals surface area (Å²) in [5.41, 5.74) is 7.75. The zero-order valence-electron chi connectivity index (χ0n) is 21.3. The average Bonchev–Trinajstić information content (AvgIpc) is 3.11. The van der Waals surface area contributed by atoms with E-state index in [-0.39, 0.29) is 24.5 Å². The predicted molar refractivity (Wildman–Crippen MR) is 137 cm³/mol. The molecule has 0 radical (unpaired) electrons. The SMILES string of the molecule is CCC(c1ccc(C(C)Nc2nc(N)cc(N3C(=O)OCC3(C)C)n2)cc1)N1CCN(C(=O)O)CC1. The number of ether oxygens (including phenoxy) is 1. The van der Waals surface area contributed by atoms with Crippen LogP contribution in [-0.2, 0) is 4.74 Å². The van der Waals surface area contributed by atoms with Gasteiger partial charge in [-0.3, -0.25) is 9.80 Å². The molecule has 1 aromatic heterocycles. The van der Waals surface area contributed by atoms with Crippen molar-refractivity contribution in [1.29, 1.82) is 0 Å². The molecule has 2 aliphatic rings. The van der Waals surface area contributed by atoms with Gasteiger partial charge in [0.25, 0.3) is 0 Å². The van der Waals surface area contributed by atoms with Crippen LogP contribution in [0.15, 0.2) is 30.3 Å². The minimum atomic E-state index is -0.853. The van der Waals surface area contributed by atoms with E-state index in [4.69, 9.17) is 10.5 Å². The second kappa shape index (κ2) is 10.2. The lowest BCUT2D eigenvalue weighted by Crippen LogP contribution is -2.49. The lowest BCUT2D eigenvalue weighted by molar-refractivity contribution is 0.0835. The maximum Gasteiger partial charge on any atom is 0.416 e. The minimum absolute atomic E-state index is 0.105. The fourth-order valence-corrected chi connectivity index (χ4v) is 4.86. The first-order chi connectivity index (χ1) is 17.1. The van der Waals surface area contributed by atoms with E-state index in [9.17, 15) is 14.7 Å². The van der Waals surface area contributed by atoms with Crippen molar-refractivity contribution < 1.29 is 19.4 Å². The molecule has 0 aliphatic carbocycles. The summed E-state index contributed by atoms with van der Waals surface area (Å²) >= 11 is 0. The highest BCUT2D eigenvalue weighted by atomic mass is 16.6. The van der Waals surface area contributed by atoms with Crippen molar-refractivity contribution >= 4 is 29.8 Å². The Balaban J connectivity index is 1.45. The summed E-state index contributed by atoms with van der Waals surface area (Å²) in [4.78, 5) is 37.7. The second-order valence-electron chi connectivity index (χ2n) is 9.94. The number of aromatic nitrogens is 2. The van der Waals surface area contributed by atoms with Crippen LogP contribution < -0.4 is 16.0 Å². The molecule has 2 unspecified atom stereocenters. The van der Waals surface area contributed by atoms with Crippen LogP contribution in [0, 0.1) is 0 Å². The number of benzene rings is 1. The Morgan fingerprint density at radius 1 is 1.17 bits per heavy atom. The van der Waals surface area contributed by atoms with Crippen LogP contribution in [-0.4, -0.2) is 75.4 Å². The first kappa shape index (κ1) is 25.5. The fourth-order valence-electron chi connectivity index (χ4n) is 4.86. The molecule has 2 atom stereocenters. The molecule has 0 spiro atoms. The van der Waals surface area contributed by atoms with Crippen molar-refractivity contribution in [2.45, 2.75) is 51.7 Å². The molecular weight excluding hydrogens is 462 g/mol. The van der Waals surface area contributed by atoms with Gasteiger partial charge in [-0.1, -0.05) is 31.2 Å². The van der Waals surface area contributed by atoms with Crippen LogP contribution >= 0.6 is 0 Å². The molecule has 4 rings (SSSR count). The Bertz CT molecular complexity index is 1100. The summed E-state index contributed by atoms with van der Waals surface area (Å²) in [6.07, 6.45) is -0.369. The maximum absolute atomic E-state index is 12.3. The first-order valence-electron chi connectivity index (χ1n) is 12.3. The Labute approximate surface area is 211 Å². The second-order valence-corrected chi connectivity index (χ2v) is 9.94. The van der Waals surface area contributed by atoms with Gasteiger partial charge in [-0.25, -0.2) is 9.59 Å². The van der Waals surface area contributed by atoms with E-state index in [1.165, 1.54) is 15.4 Å². The van der Waals surface area contributed by atoms with E-state index in [0.29, 0.717) is 24.9 Å². The highest BCUT2D eigenvalue weighted by Crippen LogP contribution is 2.31. The minimum Gasteiger partial charge on any atom is -0.465 e. The standard InChI is InChI=1S/C25H35N7O4/c1-5-19(30-10-12-31(13-11-30)23(33)34)18-8-6-17(7-9-18)16(2)27-22-28-20(26)14-21(29-22)32-24(35)36-15-25(32,3)4/h6-9,14,16,19H,5,10-13,15H2,1-4H3,(H,33,34)(H3,26,27,28,29). The van der Waals surface area contributed by atoms with Crippen molar-refractivity contribution in [3.63, 3.8) is 0 Å². The zero-order chi connectivity index (χ0) is 26.0. The van der Waals surface area contributed by atoms with E-state index in [2.05, 4.69) is 51.4 Å². The molecular formula is C25H35N7O4. The van der Waals surface area contributed by atoms with Crippen molar-refractivity contribution in [1.82, 2.24) is 19.8 Å². The number of nitrogens with one attached hydrogen (secondary N) is 1. The largest absolute Gasteiger partial charge is 0.465 e. The number of carbonyl (C=O) groups excluding carboxylic acids is 1. The topological polar surface area (TPSA) is 137 Å². The molecule has 2 aliphatic heterocycles. The number of carbonyl (C=O) groups is 2. The monoisotopic (exact) mass is 497 g/mol. The van der Waals surface area contributed by atoms with Gasteiger partial charge in [-0.15, -0.1) is 0 Å². The molecule has 2 aromatic rings. The third-order valence-electron chi connectivity index (χ3n) is 6.88. The number of rotatable bonds is 7. The third-order valence-corrected chi connectivity index (χ3v) is 6.88. The van der Waals surface area contributed by atoms with Gasteiger partial charge in [0, 0.05) is 38.3 Å². The normalized spacial score (nSPS) is 19.6. The molecule has 36 heavy (non-hydrogen) atoms. The zero-order valence-corrected chi connectivity index (χ0v) is 21.3. The first-order valence-corrected chi connectivity index (χ1v) is 12.3. The molecule has 194 valence electrons. The Morgan fingerprint density at radius 3 is 2.36 bits per heavy atom. The Morgan fingerprint density at radius 2 is 1.81 bits per heavy atom. The van der Waals surface area contributed by atoms with Crippen molar-refractivity contribution in [2.24, 2.45) is 0 Å². The number of piperazine rings is 1. The lowest BCUT2D eigenvalue weighted by atomic mass is 9.98. The lowest BCUT2D eigenvalue weighted by Gasteiger charge is -2.38. The van der Waals surface area contributed by atoms with E-state index in [1.807, 2.05) is 20.8 Å². The molecule has 4 N–H and O–H groups in total. The smallest absolute Gasteiger partial charge is 0.416 e. The van der Waals surface area contributed by atoms with E-state index in [0.717, 1.165) is 25.1 Å². The third kappa shape index (κ3) is 5.30. The highest BCUT2D eigenvalue weighted by molar-refractivity contribution is 5.90. The van der Waals surface area contributed by atoms with E-state index in [1.54, 1.807) is 6.07 Å². The maximum atomic E-state index is 12.3. The number of hydrogen-bond donors (Lipinski definition) is 3. The summed E-state index contributed by atoms with van der Waals surface area (Å²) in [6.45, 7) is 10.7. The van der Waals surface area contributed by atoms with Gasteiger partial charge in [0.05, 0.1) is 11.6 Å². The molecule has 2 amide bonds. The number of carboxylic acid groups (broad SMARTS) is 1. The number of hydrogen-bond acceptors (Lipinski definition) is 8. The Hall–Kier alpha value is -3.60. The van der Waals surface area contributed by atoms with Gasteiger partial charge >= 0.3 is 12.2 Å². The Kier molecular flexibility index (Phi) is 7.21. The summed E-state index contributed by atoms with van der Waals surface area (Å²) in [5.74, 6) is 0.989. The van der Waals surface area contributed by atoms with Gasteiger partial charge in [-0.2, -0.15) is 9.97 Å². The van der Waals surface area contributed by atoms with Gasteiger partial charge in [0.2, 0.25) is 5.95 Å². The highest BCUT2D eigenvalue weighted by Gasteiger charge is 2.42. The molecule has 0 bridgehead atoms. The summed E-state index contributed by atoms with van der Waals surface area (Å²) < 4.78 is 5.20. The van der Waals surface area contributed by atoms with Crippen LogP contribution in [0.1, 0.15) is 57.3 Å². The summed E-state index contributed by atoms with van der Waals surface area (Å²) in [7, 11) is 0. The van der Waals surface area contributed by atoms with Crippen LogP contribution in [0.2, 0.25) is 0 Å². The molecule has 11 heteroatoms. The number of anilines is 3. The van der Waals surface area contributed by atoms with Crippen molar-refractivity contribution in [3.8, 4) is 0 Å². The number of cyclic esters (lactones) is 1. The summed E-state index contributed by atoms with van der Waals surface area (Å²) in [5, 5.41) is 12.5. The molecule has 1 aromatic carbocycles. The molecule has 2 saturated heterocycles. The number of nitrogens with zero attached hydrogens (tertiary/aromatic N) is 5.